The van der Waals surface area contributed by atoms with E-state index in [9.17, 15) is 0 Å². The van der Waals surface area contributed by atoms with Crippen LogP contribution in [-0.4, -0.2) is 15.2 Å². The molecule has 0 unspecified atom stereocenters. The minimum atomic E-state index is 0.740. The second kappa shape index (κ2) is 4.29. The molecule has 4 nitrogen and oxygen atoms in total. The maximum absolute atomic E-state index is 5.34. The molecule has 0 aliphatic rings. The number of hydrogen-bond acceptors (Lipinski definition) is 3. The predicted octanol–water partition coefficient (Wildman–Crippen LogP) is 2.58. The highest BCUT2D eigenvalue weighted by atomic mass is 16.3. The van der Waals surface area contributed by atoms with Gasteiger partial charge in [-0.05, 0) is 12.5 Å². The third-order valence-electron chi connectivity index (χ3n) is 2.33. The summed E-state index contributed by atoms with van der Waals surface area (Å²) in [5.74, 6) is 2.62. The Bertz CT molecular complexity index is 430. The Morgan fingerprint density at radius 1 is 1.40 bits per heavy atom. The Morgan fingerprint density at radius 2 is 2.27 bits per heavy atom. The topological polar surface area (TPSA) is 54.7 Å². The number of aromatic amines is 1. The minimum Gasteiger partial charge on any atom is -0.469 e. The fourth-order valence-corrected chi connectivity index (χ4v) is 1.58. The highest BCUT2D eigenvalue weighted by Gasteiger charge is 2.11. The Balaban J connectivity index is 2.28. The van der Waals surface area contributed by atoms with E-state index in [0.29, 0.717) is 0 Å². The van der Waals surface area contributed by atoms with Crippen molar-refractivity contribution < 1.29 is 4.42 Å². The third kappa shape index (κ3) is 1.93. The van der Waals surface area contributed by atoms with Crippen molar-refractivity contribution in [3.8, 4) is 11.4 Å². The molecule has 4 heteroatoms. The maximum Gasteiger partial charge on any atom is 0.184 e. The van der Waals surface area contributed by atoms with Crippen molar-refractivity contribution in [2.45, 2.75) is 33.1 Å². The molecule has 1 N–H and O–H groups in total. The molecule has 2 aromatic heterocycles. The van der Waals surface area contributed by atoms with Gasteiger partial charge in [0.2, 0.25) is 0 Å². The maximum atomic E-state index is 5.34. The van der Waals surface area contributed by atoms with Crippen LogP contribution < -0.4 is 0 Å². The molecule has 2 rings (SSSR count). The molecule has 0 bridgehead atoms. The molecule has 2 aromatic rings. The van der Waals surface area contributed by atoms with Crippen LogP contribution in [0.25, 0.3) is 11.4 Å². The lowest BCUT2D eigenvalue weighted by Crippen LogP contribution is -1.86. The lowest BCUT2D eigenvalue weighted by molar-refractivity contribution is 0.517. The number of H-pyrrole nitrogens is 1. The highest BCUT2D eigenvalue weighted by Crippen LogP contribution is 2.21. The predicted molar refractivity (Wildman–Crippen MR) is 57.5 cm³/mol. The van der Waals surface area contributed by atoms with Gasteiger partial charge in [0, 0.05) is 12.8 Å². The first-order chi connectivity index (χ1) is 7.35. The first-order valence-corrected chi connectivity index (χ1v) is 5.33. The molecular formula is C11H15N3O. The SMILES string of the molecule is CCCc1nc(-c2ccoc2CC)n[nH]1. The summed E-state index contributed by atoms with van der Waals surface area (Å²) < 4.78 is 5.34. The van der Waals surface area contributed by atoms with E-state index in [1.807, 2.05) is 6.07 Å². The lowest BCUT2D eigenvalue weighted by atomic mass is 10.2. The van der Waals surface area contributed by atoms with E-state index in [1.165, 1.54) is 0 Å². The first-order valence-electron chi connectivity index (χ1n) is 5.33. The molecule has 0 atom stereocenters. The van der Waals surface area contributed by atoms with Gasteiger partial charge in [-0.15, -0.1) is 0 Å². The van der Waals surface area contributed by atoms with E-state index in [4.69, 9.17) is 4.42 Å². The van der Waals surface area contributed by atoms with E-state index in [0.717, 1.165) is 42.2 Å². The van der Waals surface area contributed by atoms with E-state index in [2.05, 4.69) is 29.0 Å². The number of rotatable bonds is 4. The van der Waals surface area contributed by atoms with Crippen molar-refractivity contribution in [1.82, 2.24) is 15.2 Å². The normalized spacial score (nSPS) is 10.8. The number of nitrogens with zero attached hydrogens (tertiary/aromatic N) is 2. The van der Waals surface area contributed by atoms with Crippen LogP contribution >= 0.6 is 0 Å². The Kier molecular flexibility index (Phi) is 2.85. The van der Waals surface area contributed by atoms with Crippen LogP contribution in [0.4, 0.5) is 0 Å². The number of aromatic nitrogens is 3. The van der Waals surface area contributed by atoms with E-state index >= 15 is 0 Å². The molecule has 2 heterocycles. The number of furan rings is 1. The van der Waals surface area contributed by atoms with Gasteiger partial charge in [-0.1, -0.05) is 13.8 Å². The molecule has 0 saturated carbocycles. The standard InChI is InChI=1S/C11H15N3O/c1-3-5-10-12-11(14-13-10)8-6-7-15-9(8)4-2/h6-7H,3-5H2,1-2H3,(H,12,13,14). The van der Waals surface area contributed by atoms with Gasteiger partial charge < -0.3 is 4.42 Å². The molecule has 0 aliphatic carbocycles. The summed E-state index contributed by atoms with van der Waals surface area (Å²) in [5, 5.41) is 7.13. The largest absolute Gasteiger partial charge is 0.469 e. The minimum absolute atomic E-state index is 0.740. The molecule has 0 aliphatic heterocycles. The van der Waals surface area contributed by atoms with Crippen molar-refractivity contribution in [3.63, 3.8) is 0 Å². The Labute approximate surface area is 88.7 Å². The van der Waals surface area contributed by atoms with Crippen LogP contribution in [0.2, 0.25) is 0 Å². The smallest absolute Gasteiger partial charge is 0.184 e. The van der Waals surface area contributed by atoms with Crippen LogP contribution in [-0.2, 0) is 12.8 Å². The zero-order valence-electron chi connectivity index (χ0n) is 9.08. The first kappa shape index (κ1) is 9.96. The van der Waals surface area contributed by atoms with E-state index in [-0.39, 0.29) is 0 Å². The summed E-state index contributed by atoms with van der Waals surface area (Å²) in [6.07, 6.45) is 4.55. The lowest BCUT2D eigenvalue weighted by Gasteiger charge is -1.92. The molecule has 0 amide bonds. The van der Waals surface area contributed by atoms with Crippen molar-refractivity contribution in [2.24, 2.45) is 0 Å². The van der Waals surface area contributed by atoms with Crippen LogP contribution in [0.1, 0.15) is 31.9 Å². The van der Waals surface area contributed by atoms with Gasteiger partial charge in [0.15, 0.2) is 5.82 Å². The zero-order chi connectivity index (χ0) is 10.7. The molecule has 0 spiro atoms. The number of aryl methyl sites for hydroxylation is 2. The van der Waals surface area contributed by atoms with Crippen LogP contribution in [0.3, 0.4) is 0 Å². The van der Waals surface area contributed by atoms with Gasteiger partial charge in [-0.3, -0.25) is 5.10 Å². The summed E-state index contributed by atoms with van der Waals surface area (Å²) in [7, 11) is 0. The molecule has 0 saturated heterocycles. The van der Waals surface area contributed by atoms with Crippen LogP contribution in [0, 0.1) is 0 Å². The molecule has 0 radical (unpaired) electrons. The summed E-state index contributed by atoms with van der Waals surface area (Å²) >= 11 is 0. The van der Waals surface area contributed by atoms with Crippen molar-refractivity contribution >= 4 is 0 Å². The average Bonchev–Trinajstić information content (AvgIpc) is 2.84. The third-order valence-corrected chi connectivity index (χ3v) is 2.33. The summed E-state index contributed by atoms with van der Waals surface area (Å²) in [6.45, 7) is 4.18. The highest BCUT2D eigenvalue weighted by molar-refractivity contribution is 5.56. The van der Waals surface area contributed by atoms with Gasteiger partial charge in [-0.25, -0.2) is 4.98 Å². The van der Waals surface area contributed by atoms with Crippen LogP contribution in [0.5, 0.6) is 0 Å². The quantitative estimate of drug-likeness (QED) is 0.834. The number of nitrogens with one attached hydrogen (secondary N) is 1. The molecule has 15 heavy (non-hydrogen) atoms. The van der Waals surface area contributed by atoms with Crippen LogP contribution in [0.15, 0.2) is 16.7 Å². The van der Waals surface area contributed by atoms with Crippen molar-refractivity contribution in [2.75, 3.05) is 0 Å². The molecule has 0 aromatic carbocycles. The van der Waals surface area contributed by atoms with Gasteiger partial charge >= 0.3 is 0 Å². The second-order valence-electron chi connectivity index (χ2n) is 3.47. The van der Waals surface area contributed by atoms with Gasteiger partial charge in [0.05, 0.1) is 11.8 Å². The van der Waals surface area contributed by atoms with Gasteiger partial charge in [0.25, 0.3) is 0 Å². The fourth-order valence-electron chi connectivity index (χ4n) is 1.58. The van der Waals surface area contributed by atoms with Gasteiger partial charge in [0.1, 0.15) is 11.6 Å². The summed E-state index contributed by atoms with van der Waals surface area (Å²) in [6, 6.07) is 1.91. The fraction of sp³-hybridized carbons (Fsp3) is 0.455. The van der Waals surface area contributed by atoms with E-state index < -0.39 is 0 Å². The summed E-state index contributed by atoms with van der Waals surface area (Å²) in [5.41, 5.74) is 0.996. The molecule has 0 fully saturated rings. The monoisotopic (exact) mass is 205 g/mol. The Morgan fingerprint density at radius 3 is 3.00 bits per heavy atom. The molecule has 80 valence electrons. The van der Waals surface area contributed by atoms with Gasteiger partial charge in [-0.2, -0.15) is 5.10 Å². The Hall–Kier alpha value is -1.58. The number of hydrogen-bond donors (Lipinski definition) is 1. The summed E-state index contributed by atoms with van der Waals surface area (Å²) in [4.78, 5) is 4.42. The van der Waals surface area contributed by atoms with Crippen molar-refractivity contribution in [1.29, 1.82) is 0 Å². The second-order valence-corrected chi connectivity index (χ2v) is 3.47. The molecular weight excluding hydrogens is 190 g/mol. The van der Waals surface area contributed by atoms with E-state index in [1.54, 1.807) is 6.26 Å². The average molecular weight is 205 g/mol. The zero-order valence-corrected chi connectivity index (χ0v) is 9.08. The van der Waals surface area contributed by atoms with Crippen molar-refractivity contribution in [3.05, 3.63) is 23.9 Å².